The van der Waals surface area contributed by atoms with Crippen molar-refractivity contribution in [2.75, 3.05) is 25.0 Å². The lowest BCUT2D eigenvalue weighted by Crippen LogP contribution is -2.21. The van der Waals surface area contributed by atoms with Crippen LogP contribution in [0, 0.1) is 0 Å². The molecule has 0 atom stereocenters. The van der Waals surface area contributed by atoms with Crippen LogP contribution in [0.2, 0.25) is 0 Å². The smallest absolute Gasteiger partial charge is 0.256 e. The molecule has 3 aromatic rings. The van der Waals surface area contributed by atoms with Crippen LogP contribution in [-0.4, -0.2) is 30.4 Å². The molecule has 1 N–H and O–H groups in total. The fraction of sp³-hybridized carbons (Fsp3) is 0.261. The van der Waals surface area contributed by atoms with Crippen LogP contribution in [0.3, 0.4) is 0 Å². The summed E-state index contributed by atoms with van der Waals surface area (Å²) in [6.07, 6.45) is 3.73. The summed E-state index contributed by atoms with van der Waals surface area (Å²) in [5, 5.41) is 5.09. The molecule has 4 rings (SSSR count). The number of fused-ring (bicyclic) bond motifs is 1. The predicted octanol–water partition coefficient (Wildman–Crippen LogP) is 4.73. The number of rotatable bonds is 5. The number of carbonyl (C=O) groups is 1. The lowest BCUT2D eigenvalue weighted by Gasteiger charge is -2.14. The van der Waals surface area contributed by atoms with Crippen LogP contribution in [-0.2, 0) is 6.42 Å². The largest absolute Gasteiger partial charge is 0.322 e. The molecule has 132 valence electrons. The molecule has 1 aliphatic rings. The lowest BCUT2D eigenvalue weighted by atomic mass is 10.0. The van der Waals surface area contributed by atoms with Gasteiger partial charge < -0.3 is 10.2 Å². The Hall–Kier alpha value is -2.65. The number of hydrogen-bond acceptors (Lipinski definition) is 2. The summed E-state index contributed by atoms with van der Waals surface area (Å²) in [4.78, 5) is 15.2. The monoisotopic (exact) mass is 344 g/mol. The number of amides is 1. The zero-order valence-electron chi connectivity index (χ0n) is 14.9. The SMILES string of the molecule is O=C(Nc1ccc(CCN2CCCC2)cc1)c1cccc2ccccc12. The molecule has 26 heavy (non-hydrogen) atoms. The highest BCUT2D eigenvalue weighted by molar-refractivity contribution is 6.12. The molecule has 1 heterocycles. The Morgan fingerprint density at radius 1 is 0.885 bits per heavy atom. The molecule has 3 nitrogen and oxygen atoms in total. The van der Waals surface area contributed by atoms with Crippen molar-refractivity contribution in [2.45, 2.75) is 19.3 Å². The average Bonchev–Trinajstić information content (AvgIpc) is 3.20. The summed E-state index contributed by atoms with van der Waals surface area (Å²) in [7, 11) is 0. The number of anilines is 1. The second-order valence-electron chi connectivity index (χ2n) is 6.98. The fourth-order valence-electron chi connectivity index (χ4n) is 3.67. The van der Waals surface area contributed by atoms with Crippen molar-refractivity contribution in [3.63, 3.8) is 0 Å². The van der Waals surface area contributed by atoms with Gasteiger partial charge in [0.15, 0.2) is 0 Å². The minimum Gasteiger partial charge on any atom is -0.322 e. The van der Waals surface area contributed by atoms with Crippen molar-refractivity contribution >= 4 is 22.4 Å². The van der Waals surface area contributed by atoms with Crippen LogP contribution in [0.15, 0.2) is 66.7 Å². The first kappa shape index (κ1) is 16.8. The van der Waals surface area contributed by atoms with Crippen LogP contribution in [0.25, 0.3) is 10.8 Å². The Labute approximate surface area is 154 Å². The van der Waals surface area contributed by atoms with Crippen LogP contribution in [0.5, 0.6) is 0 Å². The summed E-state index contributed by atoms with van der Waals surface area (Å²) in [5.74, 6) is -0.0633. The highest BCUT2D eigenvalue weighted by atomic mass is 16.1. The van der Waals surface area contributed by atoms with E-state index in [1.807, 2.05) is 54.6 Å². The van der Waals surface area contributed by atoms with Crippen LogP contribution < -0.4 is 5.32 Å². The molecule has 3 heteroatoms. The third kappa shape index (κ3) is 3.78. The minimum atomic E-state index is -0.0633. The van der Waals surface area contributed by atoms with E-state index in [4.69, 9.17) is 0 Å². The van der Waals surface area contributed by atoms with Crippen molar-refractivity contribution in [1.82, 2.24) is 4.90 Å². The summed E-state index contributed by atoms with van der Waals surface area (Å²) in [6, 6.07) is 22.1. The van der Waals surface area contributed by atoms with Gasteiger partial charge in [-0.15, -0.1) is 0 Å². The van der Waals surface area contributed by atoms with E-state index in [-0.39, 0.29) is 5.91 Å². The third-order valence-corrected chi connectivity index (χ3v) is 5.16. The highest BCUT2D eigenvalue weighted by Gasteiger charge is 2.12. The second kappa shape index (κ2) is 7.71. The van der Waals surface area contributed by atoms with Crippen molar-refractivity contribution in [3.8, 4) is 0 Å². The van der Waals surface area contributed by atoms with Gasteiger partial charge in [0.25, 0.3) is 5.91 Å². The Balaban J connectivity index is 1.42. The number of nitrogens with one attached hydrogen (secondary N) is 1. The Morgan fingerprint density at radius 2 is 1.62 bits per heavy atom. The van der Waals surface area contributed by atoms with Gasteiger partial charge >= 0.3 is 0 Å². The number of hydrogen-bond donors (Lipinski definition) is 1. The Morgan fingerprint density at radius 3 is 2.42 bits per heavy atom. The van der Waals surface area contributed by atoms with E-state index in [1.54, 1.807) is 0 Å². The van der Waals surface area contributed by atoms with Crippen molar-refractivity contribution in [3.05, 3.63) is 77.9 Å². The molecule has 1 fully saturated rings. The van der Waals surface area contributed by atoms with Crippen LogP contribution in [0.4, 0.5) is 5.69 Å². The van der Waals surface area contributed by atoms with Gasteiger partial charge in [-0.1, -0.05) is 48.5 Å². The predicted molar refractivity (Wildman–Crippen MR) is 108 cm³/mol. The first-order valence-electron chi connectivity index (χ1n) is 9.40. The van der Waals surface area contributed by atoms with E-state index < -0.39 is 0 Å². The minimum absolute atomic E-state index is 0.0633. The van der Waals surface area contributed by atoms with E-state index in [9.17, 15) is 4.79 Å². The topological polar surface area (TPSA) is 32.3 Å². The van der Waals surface area contributed by atoms with Gasteiger partial charge in [-0.3, -0.25) is 4.79 Å². The molecule has 0 spiro atoms. The van der Waals surface area contributed by atoms with Crippen LogP contribution in [0.1, 0.15) is 28.8 Å². The quantitative estimate of drug-likeness (QED) is 0.726. The molecule has 3 aromatic carbocycles. The highest BCUT2D eigenvalue weighted by Crippen LogP contribution is 2.20. The van der Waals surface area contributed by atoms with Gasteiger partial charge in [0.2, 0.25) is 0 Å². The maximum Gasteiger partial charge on any atom is 0.256 e. The molecule has 0 aromatic heterocycles. The van der Waals surface area contributed by atoms with Gasteiger partial charge in [0.05, 0.1) is 0 Å². The van der Waals surface area contributed by atoms with Crippen molar-refractivity contribution in [1.29, 1.82) is 0 Å². The summed E-state index contributed by atoms with van der Waals surface area (Å²) < 4.78 is 0. The van der Waals surface area contributed by atoms with Gasteiger partial charge in [-0.2, -0.15) is 0 Å². The van der Waals surface area contributed by atoms with Gasteiger partial charge in [0, 0.05) is 17.8 Å². The van der Waals surface area contributed by atoms with E-state index >= 15 is 0 Å². The van der Waals surface area contributed by atoms with Gasteiger partial charge in [0.1, 0.15) is 0 Å². The van der Waals surface area contributed by atoms with Gasteiger partial charge in [-0.25, -0.2) is 0 Å². The molecule has 1 amide bonds. The number of benzene rings is 3. The molecule has 0 bridgehead atoms. The zero-order chi connectivity index (χ0) is 17.8. The van der Waals surface area contributed by atoms with Gasteiger partial charge in [-0.05, 0) is 66.9 Å². The van der Waals surface area contributed by atoms with E-state index in [0.29, 0.717) is 5.56 Å². The first-order chi connectivity index (χ1) is 12.8. The number of likely N-dealkylation sites (tertiary alicyclic amines) is 1. The van der Waals surface area contributed by atoms with E-state index in [2.05, 4.69) is 22.3 Å². The summed E-state index contributed by atoms with van der Waals surface area (Å²) in [5.41, 5.74) is 2.87. The molecular weight excluding hydrogens is 320 g/mol. The fourth-order valence-corrected chi connectivity index (χ4v) is 3.67. The van der Waals surface area contributed by atoms with Crippen molar-refractivity contribution < 1.29 is 4.79 Å². The number of carbonyl (C=O) groups excluding carboxylic acids is 1. The molecule has 0 unspecified atom stereocenters. The molecule has 1 saturated heterocycles. The zero-order valence-corrected chi connectivity index (χ0v) is 14.9. The number of nitrogens with zero attached hydrogens (tertiary/aromatic N) is 1. The van der Waals surface area contributed by atoms with E-state index in [1.165, 1.54) is 31.5 Å². The third-order valence-electron chi connectivity index (χ3n) is 5.16. The molecule has 0 aliphatic carbocycles. The normalized spacial score (nSPS) is 14.6. The summed E-state index contributed by atoms with van der Waals surface area (Å²) >= 11 is 0. The standard InChI is InChI=1S/C23H24N2O/c26-23(22-9-5-7-19-6-1-2-8-21(19)22)24-20-12-10-18(11-13-20)14-17-25-15-3-4-16-25/h1-2,5-13H,3-4,14-17H2,(H,24,26). The molecule has 1 aliphatic heterocycles. The first-order valence-corrected chi connectivity index (χ1v) is 9.40. The Kier molecular flexibility index (Phi) is 4.98. The molecule has 0 radical (unpaired) electrons. The Bertz CT molecular complexity index is 890. The van der Waals surface area contributed by atoms with Crippen LogP contribution >= 0.6 is 0 Å². The lowest BCUT2D eigenvalue weighted by molar-refractivity contribution is 0.102. The average molecular weight is 344 g/mol. The molecular formula is C23H24N2O. The second-order valence-corrected chi connectivity index (χ2v) is 6.98. The molecule has 0 saturated carbocycles. The van der Waals surface area contributed by atoms with Crippen molar-refractivity contribution in [2.24, 2.45) is 0 Å². The maximum absolute atomic E-state index is 12.7. The summed E-state index contributed by atoms with van der Waals surface area (Å²) in [6.45, 7) is 3.60. The van der Waals surface area contributed by atoms with E-state index in [0.717, 1.165) is 29.4 Å². The maximum atomic E-state index is 12.7.